The number of likely N-dealkylation sites (N-methyl/N-ethyl adjacent to an activating group) is 1. The second kappa shape index (κ2) is 5.36. The fourth-order valence-corrected chi connectivity index (χ4v) is 2.92. The lowest BCUT2D eigenvalue weighted by atomic mass is 9.99. The Kier molecular flexibility index (Phi) is 4.05. The van der Waals surface area contributed by atoms with E-state index in [4.69, 9.17) is 0 Å². The average Bonchev–Trinajstić information content (AvgIpc) is 2.77. The van der Waals surface area contributed by atoms with Crippen LogP contribution in [0.2, 0.25) is 0 Å². The van der Waals surface area contributed by atoms with Crippen molar-refractivity contribution in [1.82, 2.24) is 15.1 Å². The molecule has 0 bridgehead atoms. The Labute approximate surface area is 104 Å². The predicted molar refractivity (Wildman–Crippen MR) is 68.9 cm³/mol. The molecule has 0 spiro atoms. The van der Waals surface area contributed by atoms with E-state index < -0.39 is 0 Å². The van der Waals surface area contributed by atoms with Gasteiger partial charge in [-0.1, -0.05) is 0 Å². The number of nitrogens with zero attached hydrogens (tertiary/aromatic N) is 2. The van der Waals surface area contributed by atoms with Gasteiger partial charge in [-0.25, -0.2) is 0 Å². The van der Waals surface area contributed by atoms with E-state index in [0.717, 1.165) is 25.9 Å². The van der Waals surface area contributed by atoms with Gasteiger partial charge in [0.1, 0.15) is 0 Å². The van der Waals surface area contributed by atoms with E-state index in [9.17, 15) is 4.79 Å². The summed E-state index contributed by atoms with van der Waals surface area (Å²) < 4.78 is 0. The third kappa shape index (κ3) is 2.99. The van der Waals surface area contributed by atoms with Crippen LogP contribution in [0.3, 0.4) is 0 Å². The van der Waals surface area contributed by atoms with Crippen LogP contribution in [-0.4, -0.2) is 61.0 Å². The minimum Gasteiger partial charge on any atom is -0.340 e. The number of piperidine rings is 1. The fourth-order valence-electron chi connectivity index (χ4n) is 2.92. The molecule has 98 valence electrons. The number of carbonyl (C=O) groups is 1. The normalized spacial score (nSPS) is 34.4. The maximum Gasteiger partial charge on any atom is 0.239 e. The van der Waals surface area contributed by atoms with Gasteiger partial charge in [-0.3, -0.25) is 4.79 Å². The second-order valence-corrected chi connectivity index (χ2v) is 5.74. The molecule has 1 N–H and O–H groups in total. The van der Waals surface area contributed by atoms with Crippen LogP contribution in [0.5, 0.6) is 0 Å². The number of amides is 1. The molecule has 2 fully saturated rings. The summed E-state index contributed by atoms with van der Waals surface area (Å²) in [6.45, 7) is 4.00. The van der Waals surface area contributed by atoms with Crippen LogP contribution in [0.25, 0.3) is 0 Å². The first-order valence-corrected chi connectivity index (χ1v) is 6.79. The molecule has 0 radical (unpaired) electrons. The molecule has 4 nitrogen and oxygen atoms in total. The topological polar surface area (TPSA) is 35.6 Å². The van der Waals surface area contributed by atoms with Crippen LogP contribution in [0.1, 0.15) is 32.6 Å². The predicted octanol–water partition coefficient (Wildman–Crippen LogP) is 0.680. The molecular formula is C13H25N3O. The van der Waals surface area contributed by atoms with E-state index in [2.05, 4.69) is 31.2 Å². The van der Waals surface area contributed by atoms with Gasteiger partial charge >= 0.3 is 0 Å². The molecule has 0 aromatic rings. The molecule has 2 aliphatic heterocycles. The van der Waals surface area contributed by atoms with Gasteiger partial charge in [0.25, 0.3) is 0 Å². The summed E-state index contributed by atoms with van der Waals surface area (Å²) in [5.74, 6) is 0.320. The van der Waals surface area contributed by atoms with E-state index in [1.165, 1.54) is 12.8 Å². The molecule has 0 aromatic heterocycles. The molecule has 2 aliphatic rings. The Morgan fingerprint density at radius 1 is 1.29 bits per heavy atom. The number of carbonyl (C=O) groups excluding carboxylic acids is 1. The lowest BCUT2D eigenvalue weighted by molar-refractivity contribution is -0.133. The van der Waals surface area contributed by atoms with Crippen LogP contribution < -0.4 is 5.32 Å². The van der Waals surface area contributed by atoms with E-state index >= 15 is 0 Å². The first-order chi connectivity index (χ1) is 8.08. The zero-order chi connectivity index (χ0) is 12.4. The average molecular weight is 239 g/mol. The van der Waals surface area contributed by atoms with Gasteiger partial charge in [0.15, 0.2) is 0 Å². The van der Waals surface area contributed by atoms with Gasteiger partial charge < -0.3 is 15.1 Å². The Hall–Kier alpha value is -0.610. The van der Waals surface area contributed by atoms with Gasteiger partial charge in [-0.05, 0) is 46.7 Å². The van der Waals surface area contributed by atoms with Crippen molar-refractivity contribution in [1.29, 1.82) is 0 Å². The molecule has 0 saturated carbocycles. The van der Waals surface area contributed by atoms with Gasteiger partial charge in [0.2, 0.25) is 5.91 Å². The number of nitrogens with one attached hydrogen (secondary N) is 1. The highest BCUT2D eigenvalue weighted by molar-refractivity contribution is 5.82. The summed E-state index contributed by atoms with van der Waals surface area (Å²) in [4.78, 5) is 16.6. The molecule has 17 heavy (non-hydrogen) atoms. The van der Waals surface area contributed by atoms with Crippen molar-refractivity contribution in [3.05, 3.63) is 0 Å². The van der Waals surface area contributed by atoms with Crippen molar-refractivity contribution in [3.8, 4) is 0 Å². The summed E-state index contributed by atoms with van der Waals surface area (Å²) in [7, 11) is 4.19. The van der Waals surface area contributed by atoms with Crippen molar-refractivity contribution in [3.63, 3.8) is 0 Å². The molecule has 2 rings (SSSR count). The summed E-state index contributed by atoms with van der Waals surface area (Å²) in [6.07, 6.45) is 4.49. The summed E-state index contributed by atoms with van der Waals surface area (Å²) in [5.41, 5.74) is 0. The third-order valence-corrected chi connectivity index (χ3v) is 4.12. The van der Waals surface area contributed by atoms with E-state index in [1.54, 1.807) is 0 Å². The monoisotopic (exact) mass is 239 g/mol. The summed E-state index contributed by atoms with van der Waals surface area (Å²) >= 11 is 0. The number of rotatable bonds is 2. The molecular weight excluding hydrogens is 214 g/mol. The quantitative estimate of drug-likeness (QED) is 0.770. The fraction of sp³-hybridized carbons (Fsp3) is 0.923. The maximum absolute atomic E-state index is 12.4. The van der Waals surface area contributed by atoms with Crippen molar-refractivity contribution in [2.45, 2.75) is 50.7 Å². The van der Waals surface area contributed by atoms with E-state index in [-0.39, 0.29) is 6.04 Å². The highest BCUT2D eigenvalue weighted by Gasteiger charge is 2.33. The van der Waals surface area contributed by atoms with E-state index in [0.29, 0.717) is 18.0 Å². The van der Waals surface area contributed by atoms with Gasteiger partial charge in [0, 0.05) is 25.2 Å². The van der Waals surface area contributed by atoms with E-state index in [1.807, 2.05) is 4.90 Å². The molecule has 4 heteroatoms. The highest BCUT2D eigenvalue weighted by Crippen LogP contribution is 2.18. The largest absolute Gasteiger partial charge is 0.340 e. The molecule has 3 unspecified atom stereocenters. The van der Waals surface area contributed by atoms with Gasteiger partial charge in [-0.15, -0.1) is 0 Å². The van der Waals surface area contributed by atoms with Crippen LogP contribution >= 0.6 is 0 Å². The number of hydrogen-bond acceptors (Lipinski definition) is 3. The molecule has 2 saturated heterocycles. The van der Waals surface area contributed by atoms with Crippen LogP contribution in [0.4, 0.5) is 0 Å². The summed E-state index contributed by atoms with van der Waals surface area (Å²) in [5, 5.41) is 3.43. The SMILES string of the molecule is CC1CCCC(C(=O)N2CCC(N(C)C)C2)N1. The van der Waals surface area contributed by atoms with Crippen molar-refractivity contribution in [2.75, 3.05) is 27.2 Å². The van der Waals surface area contributed by atoms with Crippen LogP contribution in [0.15, 0.2) is 0 Å². The standard InChI is InChI=1S/C13H25N3O/c1-10-5-4-6-12(14-10)13(17)16-8-7-11(9-16)15(2)3/h10-12,14H,4-9H2,1-3H3. The first kappa shape index (κ1) is 12.8. The zero-order valence-electron chi connectivity index (χ0n) is 11.3. The number of likely N-dealkylation sites (tertiary alicyclic amines) is 1. The first-order valence-electron chi connectivity index (χ1n) is 6.79. The minimum absolute atomic E-state index is 0.0691. The highest BCUT2D eigenvalue weighted by atomic mass is 16.2. The molecule has 3 atom stereocenters. The third-order valence-electron chi connectivity index (χ3n) is 4.12. The molecule has 2 heterocycles. The Balaban J connectivity index is 1.88. The van der Waals surface area contributed by atoms with Crippen LogP contribution in [0, 0.1) is 0 Å². The lowest BCUT2D eigenvalue weighted by Crippen LogP contribution is -2.51. The second-order valence-electron chi connectivity index (χ2n) is 5.74. The van der Waals surface area contributed by atoms with Crippen molar-refractivity contribution >= 4 is 5.91 Å². The summed E-state index contributed by atoms with van der Waals surface area (Å²) in [6, 6.07) is 1.10. The van der Waals surface area contributed by atoms with Gasteiger partial charge in [-0.2, -0.15) is 0 Å². The number of hydrogen-bond donors (Lipinski definition) is 1. The maximum atomic E-state index is 12.4. The van der Waals surface area contributed by atoms with Crippen molar-refractivity contribution < 1.29 is 4.79 Å². The molecule has 1 amide bonds. The Bertz CT molecular complexity index is 280. The minimum atomic E-state index is 0.0691. The Morgan fingerprint density at radius 3 is 2.65 bits per heavy atom. The van der Waals surface area contributed by atoms with Gasteiger partial charge in [0.05, 0.1) is 6.04 Å². The smallest absolute Gasteiger partial charge is 0.239 e. The molecule has 0 aromatic carbocycles. The van der Waals surface area contributed by atoms with Crippen LogP contribution in [-0.2, 0) is 4.79 Å². The zero-order valence-corrected chi connectivity index (χ0v) is 11.3. The lowest BCUT2D eigenvalue weighted by Gasteiger charge is -2.31. The molecule has 0 aliphatic carbocycles. The van der Waals surface area contributed by atoms with Crippen molar-refractivity contribution in [2.24, 2.45) is 0 Å². The Morgan fingerprint density at radius 2 is 2.06 bits per heavy atom.